The fourth-order valence-electron chi connectivity index (χ4n) is 4.72. The third kappa shape index (κ3) is 4.10. The van der Waals surface area contributed by atoms with E-state index >= 15 is 0 Å². The van der Waals surface area contributed by atoms with Crippen LogP contribution in [0.4, 0.5) is 10.5 Å². The molecule has 2 aliphatic rings. The largest absolute Gasteiger partial charge is 0.331 e. The van der Waals surface area contributed by atoms with Crippen molar-refractivity contribution in [2.75, 3.05) is 18.0 Å². The first-order chi connectivity index (χ1) is 16.9. The van der Waals surface area contributed by atoms with Gasteiger partial charge in [-0.1, -0.05) is 66.7 Å². The van der Waals surface area contributed by atoms with Gasteiger partial charge in [0.05, 0.1) is 12.6 Å². The van der Waals surface area contributed by atoms with Crippen molar-refractivity contribution in [3.05, 3.63) is 114 Å². The second-order valence-corrected chi connectivity index (χ2v) is 10.6. The molecule has 0 aromatic heterocycles. The number of sulfonamides is 1. The molecule has 2 heterocycles. The number of anilines is 1. The number of nitrogens with one attached hydrogen (secondary N) is 1. The fraction of sp³-hybridized carbons (Fsp3) is 0.185. The average molecular weight is 488 g/mol. The van der Waals surface area contributed by atoms with Crippen molar-refractivity contribution in [1.82, 2.24) is 9.62 Å². The first kappa shape index (κ1) is 22.9. The van der Waals surface area contributed by atoms with Gasteiger partial charge in [-0.25, -0.2) is 17.5 Å². The summed E-state index contributed by atoms with van der Waals surface area (Å²) < 4.78 is 28.0. The maximum atomic E-state index is 13.5. The predicted octanol–water partition coefficient (Wildman–Crippen LogP) is 4.21. The van der Waals surface area contributed by atoms with Crippen LogP contribution < -0.4 is 10.2 Å². The number of hydrogen-bond acceptors (Lipinski definition) is 4. The van der Waals surface area contributed by atoms with Gasteiger partial charge in [0, 0.05) is 17.8 Å². The van der Waals surface area contributed by atoms with Gasteiger partial charge in [0.25, 0.3) is 5.91 Å². The highest BCUT2D eigenvalue weighted by atomic mass is 32.2. The zero-order valence-corrected chi connectivity index (χ0v) is 19.8. The van der Waals surface area contributed by atoms with Gasteiger partial charge in [-0.3, -0.25) is 4.79 Å². The summed E-state index contributed by atoms with van der Waals surface area (Å²) in [5.74, 6) is -0.0920. The molecule has 2 unspecified atom stereocenters. The summed E-state index contributed by atoms with van der Waals surface area (Å²) in [4.78, 5) is 27.3. The molecule has 1 fully saturated rings. The molecule has 0 aliphatic carbocycles. The number of carbonyl (C=O) groups is 2. The first-order valence-corrected chi connectivity index (χ1v) is 12.9. The molecule has 3 aromatic carbocycles. The lowest BCUT2D eigenvalue weighted by molar-refractivity contribution is 0.0989. The van der Waals surface area contributed by atoms with Crippen molar-refractivity contribution in [2.24, 2.45) is 0 Å². The van der Waals surface area contributed by atoms with Crippen molar-refractivity contribution < 1.29 is 18.0 Å². The molecule has 35 heavy (non-hydrogen) atoms. The number of amides is 3. The van der Waals surface area contributed by atoms with E-state index in [4.69, 9.17) is 0 Å². The molecule has 0 radical (unpaired) electrons. The molecule has 7 nitrogen and oxygen atoms in total. The molecule has 1 N–H and O–H groups in total. The van der Waals surface area contributed by atoms with Crippen molar-refractivity contribution in [1.29, 1.82) is 0 Å². The summed E-state index contributed by atoms with van der Waals surface area (Å²) in [6, 6.07) is 22.6. The number of benzene rings is 3. The lowest BCUT2D eigenvalue weighted by Crippen LogP contribution is -2.37. The Hall–Kier alpha value is -3.91. The van der Waals surface area contributed by atoms with Gasteiger partial charge in [-0.2, -0.15) is 0 Å². The second kappa shape index (κ2) is 9.03. The summed E-state index contributed by atoms with van der Waals surface area (Å²) in [5.41, 5.74) is 3.62. The van der Waals surface area contributed by atoms with Gasteiger partial charge in [0.15, 0.2) is 0 Å². The summed E-state index contributed by atoms with van der Waals surface area (Å²) in [6.07, 6.45) is 1.97. The van der Waals surface area contributed by atoms with Crippen LogP contribution in [0.1, 0.15) is 38.3 Å². The third-order valence-electron chi connectivity index (χ3n) is 6.51. The highest BCUT2D eigenvalue weighted by Gasteiger charge is 2.42. The van der Waals surface area contributed by atoms with Crippen LogP contribution in [0.2, 0.25) is 0 Å². The maximum Gasteiger partial charge on any atom is 0.331 e. The predicted molar refractivity (Wildman–Crippen MR) is 135 cm³/mol. The van der Waals surface area contributed by atoms with Crippen molar-refractivity contribution >= 4 is 27.6 Å². The molecule has 3 amide bonds. The standard InChI is InChI=1S/C27H25N3O4S/c1-2-25(35(33,34)30-18-23(28-27(30)32)19-9-5-3-6-10-19)22-13-14-24-21(17-22)15-16-29(24)26(31)20-11-7-4-8-12-20/h2-14,17,23,25H,1,15-16,18H2,(H,28,32). The minimum atomic E-state index is -4.06. The molecule has 178 valence electrons. The van der Waals surface area contributed by atoms with Crippen LogP contribution in [-0.2, 0) is 16.4 Å². The van der Waals surface area contributed by atoms with E-state index in [0.717, 1.165) is 21.1 Å². The molecular weight excluding hydrogens is 462 g/mol. The molecule has 2 aliphatic heterocycles. The zero-order valence-electron chi connectivity index (χ0n) is 19.0. The van der Waals surface area contributed by atoms with Crippen LogP contribution in [0.5, 0.6) is 0 Å². The van der Waals surface area contributed by atoms with Crippen LogP contribution in [0.3, 0.4) is 0 Å². The molecular formula is C27H25N3O4S. The number of carbonyl (C=O) groups excluding carboxylic acids is 2. The quantitative estimate of drug-likeness (QED) is 0.528. The molecule has 1 saturated heterocycles. The summed E-state index contributed by atoms with van der Waals surface area (Å²) in [7, 11) is -4.06. The number of fused-ring (bicyclic) bond motifs is 1. The molecule has 2 atom stereocenters. The maximum absolute atomic E-state index is 13.5. The third-order valence-corrected chi connectivity index (χ3v) is 8.55. The van der Waals surface area contributed by atoms with E-state index in [-0.39, 0.29) is 12.5 Å². The van der Waals surface area contributed by atoms with Crippen LogP contribution >= 0.6 is 0 Å². The van der Waals surface area contributed by atoms with E-state index in [1.807, 2.05) is 48.5 Å². The topological polar surface area (TPSA) is 86.8 Å². The molecule has 3 aromatic rings. The number of hydrogen-bond donors (Lipinski definition) is 1. The number of rotatable bonds is 6. The van der Waals surface area contributed by atoms with E-state index in [1.165, 1.54) is 6.08 Å². The van der Waals surface area contributed by atoms with E-state index in [1.54, 1.807) is 35.2 Å². The highest BCUT2D eigenvalue weighted by molar-refractivity contribution is 7.90. The van der Waals surface area contributed by atoms with Gasteiger partial charge < -0.3 is 10.2 Å². The van der Waals surface area contributed by atoms with Gasteiger partial charge in [0.1, 0.15) is 5.25 Å². The van der Waals surface area contributed by atoms with Crippen LogP contribution in [0.25, 0.3) is 0 Å². The summed E-state index contributed by atoms with van der Waals surface area (Å²) in [6.45, 7) is 4.28. The van der Waals surface area contributed by atoms with Gasteiger partial charge in [0.2, 0.25) is 10.0 Å². The second-order valence-electron chi connectivity index (χ2n) is 8.61. The van der Waals surface area contributed by atoms with E-state index in [2.05, 4.69) is 11.9 Å². The fourth-order valence-corrected chi connectivity index (χ4v) is 6.37. The van der Waals surface area contributed by atoms with E-state index in [9.17, 15) is 18.0 Å². The molecule has 0 bridgehead atoms. The Bertz CT molecular complexity index is 1390. The molecule has 0 spiro atoms. The zero-order chi connectivity index (χ0) is 24.6. The lowest BCUT2D eigenvalue weighted by atomic mass is 10.1. The van der Waals surface area contributed by atoms with Gasteiger partial charge in [-0.05, 0) is 41.3 Å². The highest BCUT2D eigenvalue weighted by Crippen LogP contribution is 2.36. The Morgan fingerprint density at radius 2 is 1.71 bits per heavy atom. The van der Waals surface area contributed by atoms with Gasteiger partial charge in [-0.15, -0.1) is 6.58 Å². The number of nitrogens with zero attached hydrogens (tertiary/aromatic N) is 2. The molecule has 8 heteroatoms. The van der Waals surface area contributed by atoms with Gasteiger partial charge >= 0.3 is 6.03 Å². The van der Waals surface area contributed by atoms with Crippen molar-refractivity contribution in [2.45, 2.75) is 17.7 Å². The Morgan fingerprint density at radius 3 is 2.40 bits per heavy atom. The Morgan fingerprint density at radius 1 is 1.03 bits per heavy atom. The van der Waals surface area contributed by atoms with E-state index in [0.29, 0.717) is 24.1 Å². The average Bonchev–Trinajstić information content (AvgIpc) is 3.49. The lowest BCUT2D eigenvalue weighted by Gasteiger charge is -2.22. The summed E-state index contributed by atoms with van der Waals surface area (Å²) >= 11 is 0. The summed E-state index contributed by atoms with van der Waals surface area (Å²) in [5, 5.41) is 1.67. The Kier molecular flexibility index (Phi) is 5.90. The first-order valence-electron chi connectivity index (χ1n) is 11.4. The van der Waals surface area contributed by atoms with Crippen molar-refractivity contribution in [3.63, 3.8) is 0 Å². The molecule has 5 rings (SSSR count). The van der Waals surface area contributed by atoms with Crippen molar-refractivity contribution in [3.8, 4) is 0 Å². The van der Waals surface area contributed by atoms with Crippen LogP contribution in [0.15, 0.2) is 91.5 Å². The van der Waals surface area contributed by atoms with E-state index < -0.39 is 27.3 Å². The normalized spacial score (nSPS) is 18.2. The SMILES string of the molecule is C=CC(c1ccc2c(c1)CCN2C(=O)c1ccccc1)S(=O)(=O)N1CC(c2ccccc2)NC1=O. The monoisotopic (exact) mass is 487 g/mol. The molecule has 0 saturated carbocycles. The van der Waals surface area contributed by atoms with Crippen LogP contribution in [-0.4, -0.2) is 37.8 Å². The minimum Gasteiger partial charge on any atom is -0.328 e. The minimum absolute atomic E-state index is 0.0137. The Labute approximate surface area is 204 Å². The number of urea groups is 1. The smallest absolute Gasteiger partial charge is 0.328 e. The Balaban J connectivity index is 1.40. The van der Waals surface area contributed by atoms with Crippen LogP contribution in [0, 0.1) is 0 Å².